The molecule has 2 amide bonds. The zero-order valence-corrected chi connectivity index (χ0v) is 15.0. The van der Waals surface area contributed by atoms with Crippen molar-refractivity contribution in [3.8, 4) is 0 Å². The minimum absolute atomic E-state index is 0.00939. The van der Waals surface area contributed by atoms with E-state index in [4.69, 9.17) is 0 Å². The molecule has 0 aliphatic carbocycles. The van der Waals surface area contributed by atoms with E-state index < -0.39 is 16.1 Å². The highest BCUT2D eigenvalue weighted by Gasteiger charge is 2.52. The minimum Gasteiger partial charge on any atom is -0.324 e. The van der Waals surface area contributed by atoms with Gasteiger partial charge in [0.25, 0.3) is 0 Å². The molecule has 0 bridgehead atoms. The number of carbonyl (C=O) groups excluding carboxylic acids is 2. The fourth-order valence-corrected chi connectivity index (χ4v) is 5.10. The highest BCUT2D eigenvalue weighted by atomic mass is 32.2. The van der Waals surface area contributed by atoms with Crippen LogP contribution in [-0.2, 0) is 19.6 Å². The molecule has 2 saturated heterocycles. The summed E-state index contributed by atoms with van der Waals surface area (Å²) in [5, 5.41) is 2.78. The molecule has 2 N–H and O–H groups in total. The van der Waals surface area contributed by atoms with Crippen molar-refractivity contribution >= 4 is 45.0 Å². The molecule has 2 aliphatic rings. The van der Waals surface area contributed by atoms with Crippen molar-refractivity contribution in [2.45, 2.75) is 30.7 Å². The van der Waals surface area contributed by atoms with E-state index >= 15 is 0 Å². The molecule has 0 spiro atoms. The van der Waals surface area contributed by atoms with Gasteiger partial charge in [-0.25, -0.2) is 8.42 Å². The average molecular weight is 369 g/mol. The molecule has 0 saturated carbocycles. The first-order chi connectivity index (χ1) is 11.2. The molecule has 1 aromatic rings. The van der Waals surface area contributed by atoms with Gasteiger partial charge in [-0.15, -0.1) is 11.8 Å². The van der Waals surface area contributed by atoms with Crippen LogP contribution in [0.3, 0.4) is 0 Å². The molecule has 0 aromatic heterocycles. The lowest BCUT2D eigenvalue weighted by Gasteiger charge is -2.29. The normalized spacial score (nSPS) is 26.3. The predicted molar refractivity (Wildman–Crippen MR) is 94.3 cm³/mol. The van der Waals surface area contributed by atoms with E-state index in [2.05, 4.69) is 10.0 Å². The second-order valence-electron chi connectivity index (χ2n) is 6.21. The van der Waals surface area contributed by atoms with Gasteiger partial charge >= 0.3 is 0 Å². The number of anilines is 2. The highest BCUT2D eigenvalue weighted by molar-refractivity contribution is 8.01. The summed E-state index contributed by atoms with van der Waals surface area (Å²) in [5.41, 5.74) is 0.858. The Morgan fingerprint density at radius 1 is 1.38 bits per heavy atom. The molecular weight excluding hydrogens is 350 g/mol. The molecule has 7 nitrogen and oxygen atoms in total. The summed E-state index contributed by atoms with van der Waals surface area (Å²) in [4.78, 5) is 26.1. The minimum atomic E-state index is -3.38. The van der Waals surface area contributed by atoms with Crippen molar-refractivity contribution in [1.82, 2.24) is 4.90 Å². The summed E-state index contributed by atoms with van der Waals surface area (Å²) < 4.78 is 25.0. The lowest BCUT2D eigenvalue weighted by molar-refractivity contribution is -0.135. The molecule has 2 aliphatic heterocycles. The number of hydrogen-bond acceptors (Lipinski definition) is 5. The van der Waals surface area contributed by atoms with Crippen LogP contribution < -0.4 is 10.0 Å². The number of rotatable bonds is 4. The van der Waals surface area contributed by atoms with Crippen LogP contribution in [0.2, 0.25) is 0 Å². The van der Waals surface area contributed by atoms with Gasteiger partial charge < -0.3 is 10.2 Å². The Balaban J connectivity index is 1.74. The molecule has 2 atom stereocenters. The fraction of sp³-hybridized carbons (Fsp3) is 0.467. The van der Waals surface area contributed by atoms with E-state index in [1.807, 2.05) is 6.92 Å². The van der Waals surface area contributed by atoms with Crippen molar-refractivity contribution in [2.75, 3.05) is 22.0 Å². The Bertz CT molecular complexity index is 796. The molecule has 2 heterocycles. The van der Waals surface area contributed by atoms with Gasteiger partial charge in [-0.3, -0.25) is 14.3 Å². The van der Waals surface area contributed by atoms with Crippen molar-refractivity contribution < 1.29 is 18.0 Å². The SMILES string of the molecule is C[C@@]12CCC(=O)N1[C@H](C(=O)Nc1cccc(NS(C)(=O)=O)c1)CS2. The van der Waals surface area contributed by atoms with Crippen LogP contribution in [0.1, 0.15) is 19.8 Å². The number of sulfonamides is 1. The summed E-state index contributed by atoms with van der Waals surface area (Å²) in [6.45, 7) is 1.99. The van der Waals surface area contributed by atoms with Gasteiger partial charge in [0.1, 0.15) is 6.04 Å². The summed E-state index contributed by atoms with van der Waals surface area (Å²) >= 11 is 1.63. The Morgan fingerprint density at radius 3 is 2.79 bits per heavy atom. The molecule has 1 aromatic carbocycles. The lowest BCUT2D eigenvalue weighted by Crippen LogP contribution is -2.48. The Kier molecular flexibility index (Phi) is 4.25. The van der Waals surface area contributed by atoms with Crippen molar-refractivity contribution in [1.29, 1.82) is 0 Å². The molecule has 3 rings (SSSR count). The van der Waals surface area contributed by atoms with E-state index in [0.717, 1.165) is 12.7 Å². The number of amides is 2. The van der Waals surface area contributed by atoms with Crippen molar-refractivity contribution in [3.63, 3.8) is 0 Å². The first kappa shape index (κ1) is 17.1. The zero-order chi connectivity index (χ0) is 17.5. The number of hydrogen-bond donors (Lipinski definition) is 2. The molecule has 24 heavy (non-hydrogen) atoms. The maximum atomic E-state index is 12.6. The first-order valence-electron chi connectivity index (χ1n) is 7.53. The maximum Gasteiger partial charge on any atom is 0.248 e. The highest BCUT2D eigenvalue weighted by Crippen LogP contribution is 2.47. The molecule has 130 valence electrons. The third-order valence-electron chi connectivity index (χ3n) is 4.18. The van der Waals surface area contributed by atoms with Gasteiger partial charge in [-0.2, -0.15) is 0 Å². The first-order valence-corrected chi connectivity index (χ1v) is 10.4. The molecule has 0 radical (unpaired) electrons. The lowest BCUT2D eigenvalue weighted by atomic mass is 10.2. The van der Waals surface area contributed by atoms with E-state index in [9.17, 15) is 18.0 Å². The van der Waals surface area contributed by atoms with E-state index in [1.165, 1.54) is 0 Å². The topological polar surface area (TPSA) is 95.6 Å². The summed E-state index contributed by atoms with van der Waals surface area (Å²) in [6.07, 6.45) is 2.29. The fourth-order valence-electron chi connectivity index (χ4n) is 3.11. The smallest absolute Gasteiger partial charge is 0.248 e. The number of fused-ring (bicyclic) bond motifs is 1. The van der Waals surface area contributed by atoms with Gasteiger partial charge in [0, 0.05) is 17.9 Å². The Labute approximate surface area is 145 Å². The number of thioether (sulfide) groups is 1. The van der Waals surface area contributed by atoms with Crippen LogP contribution >= 0.6 is 11.8 Å². The van der Waals surface area contributed by atoms with E-state index in [-0.39, 0.29) is 16.7 Å². The van der Waals surface area contributed by atoms with Gasteiger partial charge in [-0.1, -0.05) is 6.07 Å². The Hall–Kier alpha value is -1.74. The number of carbonyl (C=O) groups is 2. The standard InChI is InChI=1S/C15H19N3O4S2/c1-15-7-6-13(19)18(15)12(9-23-15)14(20)16-10-4-3-5-11(8-10)17-24(2,21)22/h3-5,8,12,17H,6-7,9H2,1-2H3,(H,16,20)/t12-,15+/m0/s1. The molecule has 9 heteroatoms. The summed E-state index contributed by atoms with van der Waals surface area (Å²) in [6, 6.07) is 5.98. The third kappa shape index (κ3) is 3.36. The van der Waals surface area contributed by atoms with Crippen LogP contribution in [0.5, 0.6) is 0 Å². The number of benzene rings is 1. The van der Waals surface area contributed by atoms with Crippen LogP contribution in [0.15, 0.2) is 24.3 Å². The van der Waals surface area contributed by atoms with Gasteiger partial charge in [-0.05, 0) is 31.5 Å². The number of nitrogens with one attached hydrogen (secondary N) is 2. The second kappa shape index (κ2) is 5.96. The van der Waals surface area contributed by atoms with Crippen LogP contribution in [0, 0.1) is 0 Å². The van der Waals surface area contributed by atoms with Gasteiger partial charge in [0.05, 0.1) is 16.8 Å². The van der Waals surface area contributed by atoms with Crippen molar-refractivity contribution in [3.05, 3.63) is 24.3 Å². The molecule has 2 fully saturated rings. The van der Waals surface area contributed by atoms with E-state index in [1.54, 1.807) is 40.9 Å². The van der Waals surface area contributed by atoms with E-state index in [0.29, 0.717) is 23.5 Å². The predicted octanol–water partition coefficient (Wildman–Crippen LogP) is 1.45. The maximum absolute atomic E-state index is 12.6. The summed E-state index contributed by atoms with van der Waals surface area (Å²) in [5.74, 6) is 0.322. The quantitative estimate of drug-likeness (QED) is 0.837. The molecule has 0 unspecified atom stereocenters. The zero-order valence-electron chi connectivity index (χ0n) is 13.4. The Morgan fingerprint density at radius 2 is 2.08 bits per heavy atom. The van der Waals surface area contributed by atoms with Crippen LogP contribution in [0.4, 0.5) is 11.4 Å². The van der Waals surface area contributed by atoms with Crippen LogP contribution in [0.25, 0.3) is 0 Å². The second-order valence-corrected chi connectivity index (χ2v) is 9.46. The van der Waals surface area contributed by atoms with Gasteiger partial charge in [0.15, 0.2) is 0 Å². The van der Waals surface area contributed by atoms with Crippen LogP contribution in [-0.4, -0.2) is 48.1 Å². The average Bonchev–Trinajstić information content (AvgIpc) is 2.94. The largest absolute Gasteiger partial charge is 0.324 e. The third-order valence-corrected chi connectivity index (χ3v) is 6.29. The van der Waals surface area contributed by atoms with Gasteiger partial charge in [0.2, 0.25) is 21.8 Å². The summed E-state index contributed by atoms with van der Waals surface area (Å²) in [7, 11) is -3.38. The molecular formula is C15H19N3O4S2. The van der Waals surface area contributed by atoms with Crippen molar-refractivity contribution in [2.24, 2.45) is 0 Å². The number of nitrogens with zero attached hydrogens (tertiary/aromatic N) is 1. The monoisotopic (exact) mass is 369 g/mol.